The quantitative estimate of drug-likeness (QED) is 0.727. The third-order valence-electron chi connectivity index (χ3n) is 2.71. The molecule has 1 aromatic rings. The highest BCUT2D eigenvalue weighted by molar-refractivity contribution is 5.19. The third-order valence-corrected chi connectivity index (χ3v) is 2.71. The molecule has 0 N–H and O–H groups in total. The van der Waals surface area contributed by atoms with Gasteiger partial charge in [-0.1, -0.05) is 19.9 Å². The zero-order valence-electron chi connectivity index (χ0n) is 9.06. The van der Waals surface area contributed by atoms with Crippen LogP contribution in [0.15, 0.2) is 18.2 Å². The molecule has 1 nitrogen and oxygen atoms in total. The fraction of sp³-hybridized carbons (Fsp3) is 0.500. The molecule has 0 spiro atoms. The number of benzene rings is 1. The first-order chi connectivity index (χ1) is 6.96. The average molecular weight is 211 g/mol. The molecule has 1 fully saturated rings. The van der Waals surface area contributed by atoms with Crippen LogP contribution < -0.4 is 0 Å². The monoisotopic (exact) mass is 211 g/mol. The molecule has 1 aliphatic rings. The highest BCUT2D eigenvalue weighted by Crippen LogP contribution is 2.30. The first kappa shape index (κ1) is 10.6. The van der Waals surface area contributed by atoms with Crippen LogP contribution in [0, 0.1) is 17.0 Å². The first-order valence-electron chi connectivity index (χ1n) is 5.13. The minimum absolute atomic E-state index is 0.344. The molecule has 1 heterocycles. The minimum Gasteiger partial charge on any atom is -0.298 e. The van der Waals surface area contributed by atoms with Gasteiger partial charge in [-0.3, -0.25) is 4.90 Å². The van der Waals surface area contributed by atoms with Crippen molar-refractivity contribution < 1.29 is 8.78 Å². The molecule has 0 aromatic heterocycles. The van der Waals surface area contributed by atoms with Crippen LogP contribution in [0.5, 0.6) is 0 Å². The van der Waals surface area contributed by atoms with Gasteiger partial charge in [-0.2, -0.15) is 0 Å². The second-order valence-corrected chi connectivity index (χ2v) is 5.05. The molecule has 0 atom stereocenters. The number of halogens is 2. The van der Waals surface area contributed by atoms with Gasteiger partial charge in [0.05, 0.1) is 0 Å². The first-order valence-corrected chi connectivity index (χ1v) is 5.13. The van der Waals surface area contributed by atoms with E-state index in [2.05, 4.69) is 18.7 Å². The summed E-state index contributed by atoms with van der Waals surface area (Å²) in [6.07, 6.45) is 0. The Bertz CT molecular complexity index is 366. The van der Waals surface area contributed by atoms with E-state index in [0.29, 0.717) is 17.5 Å². The Hall–Kier alpha value is -0.960. The molecular weight excluding hydrogens is 196 g/mol. The normalized spacial score (nSPS) is 20.0. The van der Waals surface area contributed by atoms with E-state index in [1.54, 1.807) is 0 Å². The van der Waals surface area contributed by atoms with E-state index in [-0.39, 0.29) is 0 Å². The molecule has 0 saturated carbocycles. The second kappa shape index (κ2) is 3.56. The van der Waals surface area contributed by atoms with Crippen molar-refractivity contribution in [3.8, 4) is 0 Å². The van der Waals surface area contributed by atoms with Gasteiger partial charge in [0, 0.05) is 31.3 Å². The van der Waals surface area contributed by atoms with Crippen LogP contribution >= 0.6 is 0 Å². The Balaban J connectivity index is 2.00. The van der Waals surface area contributed by atoms with E-state index in [4.69, 9.17) is 0 Å². The van der Waals surface area contributed by atoms with Crippen molar-refractivity contribution in [1.29, 1.82) is 0 Å². The van der Waals surface area contributed by atoms with Gasteiger partial charge < -0.3 is 0 Å². The van der Waals surface area contributed by atoms with Gasteiger partial charge in [-0.15, -0.1) is 0 Å². The standard InChI is InChI=1S/C12H15F2N/c1-12(2)7-15(8-12)6-9-3-4-10(13)5-11(9)14/h3-5H,6-8H2,1-2H3. The highest BCUT2D eigenvalue weighted by Gasteiger charge is 2.33. The molecular formula is C12H15F2N. The van der Waals surface area contributed by atoms with Crippen molar-refractivity contribution in [1.82, 2.24) is 4.90 Å². The number of nitrogens with zero attached hydrogens (tertiary/aromatic N) is 1. The van der Waals surface area contributed by atoms with Crippen molar-refractivity contribution in [3.05, 3.63) is 35.4 Å². The number of hydrogen-bond acceptors (Lipinski definition) is 1. The van der Waals surface area contributed by atoms with Crippen molar-refractivity contribution in [2.75, 3.05) is 13.1 Å². The average Bonchev–Trinajstić information content (AvgIpc) is 2.06. The van der Waals surface area contributed by atoms with Crippen LogP contribution in [-0.2, 0) is 6.54 Å². The summed E-state index contributed by atoms with van der Waals surface area (Å²) in [5.41, 5.74) is 0.920. The lowest BCUT2D eigenvalue weighted by Gasteiger charge is -2.46. The Labute approximate surface area is 88.7 Å². The molecule has 1 saturated heterocycles. The van der Waals surface area contributed by atoms with Crippen molar-refractivity contribution in [3.63, 3.8) is 0 Å². The molecule has 2 rings (SSSR count). The van der Waals surface area contributed by atoms with Gasteiger partial charge in [-0.25, -0.2) is 8.78 Å². The topological polar surface area (TPSA) is 3.24 Å². The maximum Gasteiger partial charge on any atom is 0.130 e. The van der Waals surface area contributed by atoms with E-state index in [0.717, 1.165) is 19.2 Å². The summed E-state index contributed by atoms with van der Waals surface area (Å²) >= 11 is 0. The van der Waals surface area contributed by atoms with E-state index in [1.165, 1.54) is 12.1 Å². The summed E-state index contributed by atoms with van der Waals surface area (Å²) in [5.74, 6) is -0.958. The predicted molar refractivity (Wildman–Crippen MR) is 55.4 cm³/mol. The molecule has 0 aliphatic carbocycles. The summed E-state index contributed by atoms with van der Waals surface area (Å²) in [7, 11) is 0. The van der Waals surface area contributed by atoms with Gasteiger partial charge in [0.1, 0.15) is 11.6 Å². The van der Waals surface area contributed by atoms with Crippen LogP contribution in [0.1, 0.15) is 19.4 Å². The zero-order chi connectivity index (χ0) is 11.1. The van der Waals surface area contributed by atoms with Crippen LogP contribution in [0.2, 0.25) is 0 Å². The van der Waals surface area contributed by atoms with Crippen LogP contribution in [0.25, 0.3) is 0 Å². The van der Waals surface area contributed by atoms with E-state index >= 15 is 0 Å². The van der Waals surface area contributed by atoms with Crippen molar-refractivity contribution in [2.24, 2.45) is 5.41 Å². The molecule has 0 radical (unpaired) electrons. The smallest absolute Gasteiger partial charge is 0.130 e. The van der Waals surface area contributed by atoms with Crippen LogP contribution in [0.4, 0.5) is 8.78 Å². The fourth-order valence-corrected chi connectivity index (χ4v) is 2.17. The number of likely N-dealkylation sites (tertiary alicyclic amines) is 1. The van der Waals surface area contributed by atoms with Gasteiger partial charge in [0.25, 0.3) is 0 Å². The third kappa shape index (κ3) is 2.34. The summed E-state index contributed by atoms with van der Waals surface area (Å²) in [6.45, 7) is 6.90. The summed E-state index contributed by atoms with van der Waals surface area (Å²) in [5, 5.41) is 0. The summed E-state index contributed by atoms with van der Waals surface area (Å²) in [6, 6.07) is 3.78. The predicted octanol–water partition coefficient (Wildman–Crippen LogP) is 2.81. The van der Waals surface area contributed by atoms with Gasteiger partial charge in [0.2, 0.25) is 0 Å². The lowest BCUT2D eigenvalue weighted by atomic mass is 9.84. The van der Waals surface area contributed by atoms with E-state index in [9.17, 15) is 8.78 Å². The van der Waals surface area contributed by atoms with Crippen molar-refractivity contribution in [2.45, 2.75) is 20.4 Å². The maximum absolute atomic E-state index is 13.3. The van der Waals surface area contributed by atoms with E-state index < -0.39 is 11.6 Å². The second-order valence-electron chi connectivity index (χ2n) is 5.05. The molecule has 82 valence electrons. The van der Waals surface area contributed by atoms with Crippen molar-refractivity contribution >= 4 is 0 Å². The van der Waals surface area contributed by atoms with E-state index in [1.807, 2.05) is 0 Å². The molecule has 0 unspecified atom stereocenters. The number of rotatable bonds is 2. The number of hydrogen-bond donors (Lipinski definition) is 0. The molecule has 0 amide bonds. The Kier molecular flexibility index (Phi) is 2.51. The van der Waals surface area contributed by atoms with Crippen LogP contribution in [0.3, 0.4) is 0 Å². The lowest BCUT2D eigenvalue weighted by molar-refractivity contribution is 0.0234. The Morgan fingerprint density at radius 3 is 2.47 bits per heavy atom. The minimum atomic E-state index is -0.514. The van der Waals surface area contributed by atoms with Crippen LogP contribution in [-0.4, -0.2) is 18.0 Å². The largest absolute Gasteiger partial charge is 0.298 e. The lowest BCUT2D eigenvalue weighted by Crippen LogP contribution is -2.52. The Morgan fingerprint density at radius 1 is 1.27 bits per heavy atom. The zero-order valence-corrected chi connectivity index (χ0v) is 9.06. The van der Waals surface area contributed by atoms with Gasteiger partial charge >= 0.3 is 0 Å². The molecule has 1 aromatic carbocycles. The molecule has 0 bridgehead atoms. The highest BCUT2D eigenvalue weighted by atomic mass is 19.1. The summed E-state index contributed by atoms with van der Waals surface area (Å²) in [4.78, 5) is 2.16. The Morgan fingerprint density at radius 2 is 1.93 bits per heavy atom. The fourth-order valence-electron chi connectivity index (χ4n) is 2.17. The molecule has 1 aliphatic heterocycles. The van der Waals surface area contributed by atoms with Gasteiger partial charge in [-0.05, 0) is 11.5 Å². The molecule has 15 heavy (non-hydrogen) atoms. The van der Waals surface area contributed by atoms with Gasteiger partial charge in [0.15, 0.2) is 0 Å². The SMILES string of the molecule is CC1(C)CN(Cc2ccc(F)cc2F)C1. The summed E-state index contributed by atoms with van der Waals surface area (Å²) < 4.78 is 25.9. The molecule has 3 heteroatoms. The maximum atomic E-state index is 13.3.